The summed E-state index contributed by atoms with van der Waals surface area (Å²) in [6.45, 7) is 7.96. The summed E-state index contributed by atoms with van der Waals surface area (Å²) in [5, 5.41) is 3.34. The molecule has 0 unspecified atom stereocenters. The van der Waals surface area contributed by atoms with E-state index >= 15 is 0 Å². The molecule has 3 nitrogen and oxygen atoms in total. The van der Waals surface area contributed by atoms with Crippen LogP contribution in [0.4, 0.5) is 0 Å². The Morgan fingerprint density at radius 2 is 1.50 bits per heavy atom. The lowest BCUT2D eigenvalue weighted by atomic mass is 10.2. The average Bonchev–Trinajstić information content (AvgIpc) is 2.49. The van der Waals surface area contributed by atoms with E-state index in [0.29, 0.717) is 0 Å². The maximum absolute atomic E-state index is 5.82. The van der Waals surface area contributed by atoms with E-state index in [2.05, 4.69) is 19.2 Å². The number of unbranched alkanes of at least 4 members (excludes halogenated alkanes) is 3. The normalized spacial score (nSPS) is 10.5. The molecule has 1 aromatic rings. The molecule has 20 heavy (non-hydrogen) atoms. The molecule has 0 bridgehead atoms. The zero-order valence-electron chi connectivity index (χ0n) is 13.0. The van der Waals surface area contributed by atoms with Crippen molar-refractivity contribution in [2.45, 2.75) is 46.0 Å². The number of nitrogens with one attached hydrogen (secondary N) is 1. The molecule has 0 saturated heterocycles. The summed E-state index contributed by atoms with van der Waals surface area (Å²) in [5.74, 6) is 1.73. The van der Waals surface area contributed by atoms with Crippen LogP contribution in [0.3, 0.4) is 0 Å². The third-order valence-corrected chi connectivity index (χ3v) is 3.07. The minimum Gasteiger partial charge on any atom is -0.490 e. The third-order valence-electron chi connectivity index (χ3n) is 3.07. The molecule has 0 heterocycles. The van der Waals surface area contributed by atoms with Crippen LogP contribution in [-0.4, -0.2) is 26.3 Å². The molecule has 0 fully saturated rings. The van der Waals surface area contributed by atoms with Crippen LogP contribution in [0.1, 0.15) is 46.0 Å². The molecule has 0 aliphatic heterocycles. The summed E-state index contributed by atoms with van der Waals surface area (Å²) in [5.41, 5.74) is 0. The first-order chi connectivity index (χ1) is 9.88. The second-order valence-corrected chi connectivity index (χ2v) is 4.91. The number of benzene rings is 1. The van der Waals surface area contributed by atoms with E-state index in [0.717, 1.165) is 50.6 Å². The summed E-state index contributed by atoms with van der Waals surface area (Å²) in [6.07, 6.45) is 5.87. The molecule has 1 rings (SSSR count). The van der Waals surface area contributed by atoms with Gasteiger partial charge in [-0.25, -0.2) is 0 Å². The molecular weight excluding hydrogens is 250 g/mol. The zero-order valence-corrected chi connectivity index (χ0v) is 13.0. The lowest BCUT2D eigenvalue weighted by Crippen LogP contribution is -2.13. The highest BCUT2D eigenvalue weighted by Gasteiger charge is 2.03. The minimum atomic E-state index is 0.741. The van der Waals surface area contributed by atoms with Crippen LogP contribution in [0.2, 0.25) is 0 Å². The summed E-state index contributed by atoms with van der Waals surface area (Å²) < 4.78 is 11.5. The van der Waals surface area contributed by atoms with Gasteiger partial charge in [0.25, 0.3) is 0 Å². The predicted molar refractivity (Wildman–Crippen MR) is 84.7 cm³/mol. The fourth-order valence-electron chi connectivity index (χ4n) is 1.97. The molecule has 0 radical (unpaired) electrons. The first-order valence-corrected chi connectivity index (χ1v) is 7.93. The third kappa shape index (κ3) is 7.39. The number of hydrogen-bond acceptors (Lipinski definition) is 3. The highest BCUT2D eigenvalue weighted by atomic mass is 16.5. The predicted octanol–water partition coefficient (Wildman–Crippen LogP) is 4.02. The van der Waals surface area contributed by atoms with Gasteiger partial charge in [0.05, 0.1) is 13.2 Å². The van der Waals surface area contributed by atoms with Crippen molar-refractivity contribution in [1.29, 1.82) is 0 Å². The molecule has 0 aliphatic rings. The Morgan fingerprint density at radius 1 is 0.850 bits per heavy atom. The Labute approximate surface area is 123 Å². The number of para-hydroxylation sites is 2. The van der Waals surface area contributed by atoms with Crippen molar-refractivity contribution in [3.63, 3.8) is 0 Å². The first-order valence-electron chi connectivity index (χ1n) is 7.93. The lowest BCUT2D eigenvalue weighted by Gasteiger charge is -2.12. The van der Waals surface area contributed by atoms with Crippen molar-refractivity contribution in [2.24, 2.45) is 0 Å². The quantitative estimate of drug-likeness (QED) is 0.586. The van der Waals surface area contributed by atoms with Crippen LogP contribution in [0.25, 0.3) is 0 Å². The van der Waals surface area contributed by atoms with E-state index in [1.165, 1.54) is 19.3 Å². The molecule has 0 saturated carbocycles. The summed E-state index contributed by atoms with van der Waals surface area (Å²) >= 11 is 0. The first kappa shape index (κ1) is 16.8. The molecule has 0 aliphatic carbocycles. The van der Waals surface area contributed by atoms with E-state index < -0.39 is 0 Å². The van der Waals surface area contributed by atoms with E-state index in [1.54, 1.807) is 0 Å². The van der Waals surface area contributed by atoms with Gasteiger partial charge in [0, 0.05) is 0 Å². The fourth-order valence-corrected chi connectivity index (χ4v) is 1.97. The molecule has 0 atom stereocenters. The minimum absolute atomic E-state index is 0.741. The zero-order chi connectivity index (χ0) is 14.5. The van der Waals surface area contributed by atoms with Gasteiger partial charge >= 0.3 is 0 Å². The van der Waals surface area contributed by atoms with Gasteiger partial charge in [0.2, 0.25) is 0 Å². The van der Waals surface area contributed by atoms with E-state index in [-0.39, 0.29) is 0 Å². The maximum atomic E-state index is 5.82. The van der Waals surface area contributed by atoms with Crippen molar-refractivity contribution in [1.82, 2.24) is 5.32 Å². The topological polar surface area (TPSA) is 30.5 Å². The van der Waals surface area contributed by atoms with Crippen molar-refractivity contribution < 1.29 is 9.47 Å². The highest BCUT2D eigenvalue weighted by molar-refractivity contribution is 5.39. The van der Waals surface area contributed by atoms with Crippen molar-refractivity contribution in [3.8, 4) is 11.5 Å². The van der Waals surface area contributed by atoms with Crippen LogP contribution >= 0.6 is 0 Å². The molecule has 1 aromatic carbocycles. The number of hydrogen-bond donors (Lipinski definition) is 1. The van der Waals surface area contributed by atoms with Gasteiger partial charge in [-0.05, 0) is 44.5 Å². The fraction of sp³-hybridized carbons (Fsp3) is 0.647. The summed E-state index contributed by atoms with van der Waals surface area (Å²) in [7, 11) is 0. The monoisotopic (exact) mass is 279 g/mol. The molecule has 1 N–H and O–H groups in total. The van der Waals surface area contributed by atoms with E-state index in [1.807, 2.05) is 24.3 Å². The Kier molecular flexibility index (Phi) is 9.76. The molecule has 0 amide bonds. The van der Waals surface area contributed by atoms with Gasteiger partial charge in [-0.15, -0.1) is 0 Å². The largest absolute Gasteiger partial charge is 0.490 e. The van der Waals surface area contributed by atoms with Gasteiger partial charge in [0.1, 0.15) is 0 Å². The number of ether oxygens (including phenoxy) is 2. The van der Waals surface area contributed by atoms with E-state index in [9.17, 15) is 0 Å². The van der Waals surface area contributed by atoms with Gasteiger partial charge < -0.3 is 14.8 Å². The Balaban J connectivity index is 2.15. The standard InChI is InChI=1S/C17H29NO2/c1-3-14-19-16-11-7-8-12-17(16)20-15-10-6-5-9-13-18-4-2/h7-8,11-12,18H,3-6,9-10,13-15H2,1-2H3. The van der Waals surface area contributed by atoms with Crippen LogP contribution in [0.5, 0.6) is 11.5 Å². The number of rotatable bonds is 12. The second-order valence-electron chi connectivity index (χ2n) is 4.91. The van der Waals surface area contributed by atoms with Crippen LogP contribution in [-0.2, 0) is 0 Å². The molecule has 3 heteroatoms. The van der Waals surface area contributed by atoms with Crippen molar-refractivity contribution in [2.75, 3.05) is 26.3 Å². The Morgan fingerprint density at radius 3 is 2.15 bits per heavy atom. The summed E-state index contributed by atoms with van der Waals surface area (Å²) in [6, 6.07) is 7.93. The van der Waals surface area contributed by atoms with Gasteiger partial charge in [-0.2, -0.15) is 0 Å². The maximum Gasteiger partial charge on any atom is 0.161 e. The Hall–Kier alpha value is -1.22. The summed E-state index contributed by atoms with van der Waals surface area (Å²) in [4.78, 5) is 0. The molecule has 0 aromatic heterocycles. The van der Waals surface area contributed by atoms with Crippen LogP contribution < -0.4 is 14.8 Å². The molecule has 114 valence electrons. The highest BCUT2D eigenvalue weighted by Crippen LogP contribution is 2.26. The second kappa shape index (κ2) is 11.6. The SMILES string of the molecule is CCCOc1ccccc1OCCCCCCNCC. The van der Waals surface area contributed by atoms with E-state index in [4.69, 9.17) is 9.47 Å². The Bertz CT molecular complexity index is 342. The smallest absolute Gasteiger partial charge is 0.161 e. The van der Waals surface area contributed by atoms with Gasteiger partial charge in [0.15, 0.2) is 11.5 Å². The molecule has 0 spiro atoms. The lowest BCUT2D eigenvalue weighted by molar-refractivity contribution is 0.263. The van der Waals surface area contributed by atoms with Crippen LogP contribution in [0.15, 0.2) is 24.3 Å². The van der Waals surface area contributed by atoms with Gasteiger partial charge in [-0.1, -0.05) is 38.8 Å². The van der Waals surface area contributed by atoms with Gasteiger partial charge in [-0.3, -0.25) is 0 Å². The van der Waals surface area contributed by atoms with Crippen molar-refractivity contribution in [3.05, 3.63) is 24.3 Å². The van der Waals surface area contributed by atoms with Crippen LogP contribution in [0, 0.1) is 0 Å². The molecular formula is C17H29NO2. The van der Waals surface area contributed by atoms with Crippen molar-refractivity contribution >= 4 is 0 Å². The average molecular weight is 279 g/mol.